The lowest BCUT2D eigenvalue weighted by Crippen LogP contribution is -2.33. The standard InChI is InChI=1S/C16H17N3O5S2/c1-9(2)17-14(20)7-24-15(21)11-4-5-13(12(6-11)19(22)23)26-16-18-10(3)8-25-16/h4-6,8-9H,7H2,1-3H3,(H,17,20). The maximum absolute atomic E-state index is 12.0. The first kappa shape index (κ1) is 19.9. The van der Waals surface area contributed by atoms with E-state index in [1.165, 1.54) is 23.5 Å². The average Bonchev–Trinajstić information content (AvgIpc) is 2.97. The largest absolute Gasteiger partial charge is 0.452 e. The number of aryl methyl sites for hydroxylation is 1. The molecule has 8 nitrogen and oxygen atoms in total. The van der Waals surface area contributed by atoms with Gasteiger partial charge in [-0.05, 0) is 32.9 Å². The second kappa shape index (κ2) is 8.77. The van der Waals surface area contributed by atoms with Crippen LogP contribution in [0.15, 0.2) is 32.8 Å². The topological polar surface area (TPSA) is 111 Å². The summed E-state index contributed by atoms with van der Waals surface area (Å²) in [5.41, 5.74) is 0.623. The molecule has 0 radical (unpaired) electrons. The first-order valence-electron chi connectivity index (χ1n) is 7.61. The van der Waals surface area contributed by atoms with Crippen LogP contribution in [0.4, 0.5) is 5.69 Å². The Labute approximate surface area is 158 Å². The highest BCUT2D eigenvalue weighted by Crippen LogP contribution is 2.36. The molecule has 138 valence electrons. The molecule has 0 aliphatic heterocycles. The van der Waals surface area contributed by atoms with Crippen LogP contribution < -0.4 is 5.32 Å². The number of carbonyl (C=O) groups is 2. The number of aromatic nitrogens is 1. The van der Waals surface area contributed by atoms with Crippen molar-refractivity contribution in [2.75, 3.05) is 6.61 Å². The Balaban J connectivity index is 2.12. The van der Waals surface area contributed by atoms with E-state index in [-0.39, 0.29) is 17.3 Å². The number of nitrogens with zero attached hydrogens (tertiary/aromatic N) is 2. The lowest BCUT2D eigenvalue weighted by Gasteiger charge is -2.09. The van der Waals surface area contributed by atoms with Crippen molar-refractivity contribution in [2.24, 2.45) is 0 Å². The number of hydrogen-bond donors (Lipinski definition) is 1. The van der Waals surface area contributed by atoms with Gasteiger partial charge in [0.25, 0.3) is 11.6 Å². The van der Waals surface area contributed by atoms with Crippen LogP contribution in [0.3, 0.4) is 0 Å². The number of esters is 1. The number of hydrogen-bond acceptors (Lipinski definition) is 8. The first-order valence-corrected chi connectivity index (χ1v) is 9.30. The van der Waals surface area contributed by atoms with E-state index < -0.39 is 23.4 Å². The molecule has 0 saturated heterocycles. The lowest BCUT2D eigenvalue weighted by atomic mass is 10.2. The van der Waals surface area contributed by atoms with Crippen molar-refractivity contribution in [1.29, 1.82) is 0 Å². The molecule has 0 aliphatic carbocycles. The van der Waals surface area contributed by atoms with Crippen molar-refractivity contribution in [3.8, 4) is 0 Å². The average molecular weight is 395 g/mol. The summed E-state index contributed by atoms with van der Waals surface area (Å²) in [5.74, 6) is -1.23. The van der Waals surface area contributed by atoms with Crippen LogP contribution in [0.2, 0.25) is 0 Å². The van der Waals surface area contributed by atoms with E-state index in [0.29, 0.717) is 9.24 Å². The van der Waals surface area contributed by atoms with Gasteiger partial charge >= 0.3 is 5.97 Å². The zero-order valence-corrected chi connectivity index (χ0v) is 16.0. The van der Waals surface area contributed by atoms with Crippen LogP contribution >= 0.6 is 23.1 Å². The van der Waals surface area contributed by atoms with Crippen LogP contribution in [0.25, 0.3) is 0 Å². The highest BCUT2D eigenvalue weighted by atomic mass is 32.2. The lowest BCUT2D eigenvalue weighted by molar-refractivity contribution is -0.387. The minimum Gasteiger partial charge on any atom is -0.452 e. The number of nitro benzene ring substituents is 1. The molecule has 2 rings (SSSR count). The quantitative estimate of drug-likeness (QED) is 0.435. The Morgan fingerprint density at radius 2 is 2.15 bits per heavy atom. The number of nitro groups is 1. The highest BCUT2D eigenvalue weighted by Gasteiger charge is 2.20. The molecule has 1 aromatic heterocycles. The van der Waals surface area contributed by atoms with Gasteiger partial charge in [0.1, 0.15) is 0 Å². The summed E-state index contributed by atoms with van der Waals surface area (Å²) in [5, 5.41) is 15.8. The van der Waals surface area contributed by atoms with E-state index in [0.717, 1.165) is 23.5 Å². The number of nitrogens with one attached hydrogen (secondary N) is 1. The van der Waals surface area contributed by atoms with Crippen LogP contribution in [-0.2, 0) is 9.53 Å². The van der Waals surface area contributed by atoms with Gasteiger partial charge in [0, 0.05) is 23.2 Å². The van der Waals surface area contributed by atoms with Gasteiger partial charge in [-0.3, -0.25) is 14.9 Å². The highest BCUT2D eigenvalue weighted by molar-refractivity contribution is 8.01. The van der Waals surface area contributed by atoms with Gasteiger partial charge in [-0.2, -0.15) is 0 Å². The zero-order chi connectivity index (χ0) is 19.3. The van der Waals surface area contributed by atoms with Crippen molar-refractivity contribution in [2.45, 2.75) is 36.0 Å². The number of carbonyl (C=O) groups excluding carboxylic acids is 2. The molecule has 10 heteroatoms. The van der Waals surface area contributed by atoms with Gasteiger partial charge < -0.3 is 10.1 Å². The normalized spacial score (nSPS) is 10.6. The predicted octanol–water partition coefficient (Wildman–Crippen LogP) is 3.19. The molecular formula is C16H17N3O5S2. The van der Waals surface area contributed by atoms with E-state index in [4.69, 9.17) is 4.74 Å². The van der Waals surface area contributed by atoms with E-state index in [1.54, 1.807) is 13.8 Å². The third-order valence-electron chi connectivity index (χ3n) is 2.97. The van der Waals surface area contributed by atoms with Gasteiger partial charge in [0.15, 0.2) is 10.9 Å². The SMILES string of the molecule is Cc1csc(Sc2ccc(C(=O)OCC(=O)NC(C)C)cc2[N+](=O)[O-])n1. The smallest absolute Gasteiger partial charge is 0.338 e. The predicted molar refractivity (Wildman–Crippen MR) is 97.6 cm³/mol. The minimum atomic E-state index is -0.798. The molecule has 1 aromatic carbocycles. The van der Waals surface area contributed by atoms with Crippen LogP contribution in [0.5, 0.6) is 0 Å². The van der Waals surface area contributed by atoms with E-state index in [9.17, 15) is 19.7 Å². The fraction of sp³-hybridized carbons (Fsp3) is 0.312. The van der Waals surface area contributed by atoms with Gasteiger partial charge in [-0.1, -0.05) is 11.8 Å². The van der Waals surface area contributed by atoms with Crippen molar-refractivity contribution >= 4 is 40.7 Å². The number of amides is 1. The molecule has 0 atom stereocenters. The minimum absolute atomic E-state index is 0.00807. The molecule has 1 N–H and O–H groups in total. The van der Waals surface area contributed by atoms with Crippen LogP contribution in [-0.4, -0.2) is 34.4 Å². The van der Waals surface area contributed by atoms with Crippen molar-refractivity contribution in [3.63, 3.8) is 0 Å². The number of benzene rings is 1. The number of ether oxygens (including phenoxy) is 1. The fourth-order valence-electron chi connectivity index (χ4n) is 1.92. The summed E-state index contributed by atoms with van der Waals surface area (Å²) in [7, 11) is 0. The summed E-state index contributed by atoms with van der Waals surface area (Å²) < 4.78 is 5.57. The summed E-state index contributed by atoms with van der Waals surface area (Å²) in [6.45, 7) is 4.95. The van der Waals surface area contributed by atoms with Crippen LogP contribution in [0.1, 0.15) is 29.9 Å². The molecular weight excluding hydrogens is 378 g/mol. The second-order valence-corrected chi connectivity index (χ2v) is 7.74. The van der Waals surface area contributed by atoms with E-state index in [2.05, 4.69) is 10.3 Å². The van der Waals surface area contributed by atoms with E-state index in [1.807, 2.05) is 12.3 Å². The molecule has 2 aromatic rings. The molecule has 1 amide bonds. The van der Waals surface area contributed by atoms with Gasteiger partial charge in [0.05, 0.1) is 15.4 Å². The third-order valence-corrected chi connectivity index (χ3v) is 5.09. The van der Waals surface area contributed by atoms with Crippen molar-refractivity contribution in [3.05, 3.63) is 45.0 Å². The molecule has 1 heterocycles. The van der Waals surface area contributed by atoms with Gasteiger partial charge in [-0.15, -0.1) is 11.3 Å². The molecule has 0 unspecified atom stereocenters. The van der Waals surface area contributed by atoms with Crippen molar-refractivity contribution in [1.82, 2.24) is 10.3 Å². The first-order chi connectivity index (χ1) is 12.3. The monoisotopic (exact) mass is 395 g/mol. The van der Waals surface area contributed by atoms with E-state index >= 15 is 0 Å². The number of thiazole rings is 1. The Kier molecular flexibility index (Phi) is 6.70. The van der Waals surface area contributed by atoms with Crippen LogP contribution in [0, 0.1) is 17.0 Å². The van der Waals surface area contributed by atoms with Gasteiger partial charge in [0.2, 0.25) is 0 Å². The molecule has 0 fully saturated rings. The second-order valence-electron chi connectivity index (χ2n) is 5.59. The fourth-order valence-corrected chi connectivity index (χ4v) is 3.80. The molecule has 0 saturated carbocycles. The summed E-state index contributed by atoms with van der Waals surface area (Å²) in [6.07, 6.45) is 0. The Bertz CT molecular complexity index is 835. The van der Waals surface area contributed by atoms with Crippen molar-refractivity contribution < 1.29 is 19.2 Å². The molecule has 26 heavy (non-hydrogen) atoms. The Morgan fingerprint density at radius 3 is 2.73 bits per heavy atom. The molecule has 0 spiro atoms. The third kappa shape index (κ3) is 5.53. The zero-order valence-electron chi connectivity index (χ0n) is 14.3. The maximum Gasteiger partial charge on any atom is 0.338 e. The molecule has 0 bridgehead atoms. The maximum atomic E-state index is 12.0. The Morgan fingerprint density at radius 1 is 1.42 bits per heavy atom. The summed E-state index contributed by atoms with van der Waals surface area (Å²) in [6, 6.07) is 3.97. The molecule has 0 aliphatic rings. The van der Waals surface area contributed by atoms with Gasteiger partial charge in [-0.25, -0.2) is 9.78 Å². The Hall–Kier alpha value is -2.46. The summed E-state index contributed by atoms with van der Waals surface area (Å²) in [4.78, 5) is 39.0. The summed E-state index contributed by atoms with van der Waals surface area (Å²) >= 11 is 2.54. The number of rotatable bonds is 7.